The minimum atomic E-state index is 0.112. The number of carbonyl (C=O) groups excluding carboxylic acids is 1. The third-order valence-electron chi connectivity index (χ3n) is 6.56. The standard InChI is InChI=1S/C22H31N3O2/c1-23(15-17-7-6-12-25-11-5-4-8-19(17)25)22(26)21-13-16-9-10-18(27-3)14-20(16)24(21)2/h9-10,13-14,17,19H,4-8,11-12,15H2,1-3H3/t17-,19-/m1/s1. The Labute approximate surface area is 161 Å². The highest BCUT2D eigenvalue weighted by Crippen LogP contribution is 2.32. The lowest BCUT2D eigenvalue weighted by Gasteiger charge is -2.45. The number of piperidine rings is 2. The van der Waals surface area contributed by atoms with E-state index >= 15 is 0 Å². The Kier molecular flexibility index (Phi) is 5.13. The molecule has 2 fully saturated rings. The lowest BCUT2D eigenvalue weighted by Crippen LogP contribution is -2.51. The number of benzene rings is 1. The summed E-state index contributed by atoms with van der Waals surface area (Å²) in [6.45, 7) is 3.33. The molecule has 0 spiro atoms. The maximum atomic E-state index is 13.2. The van der Waals surface area contributed by atoms with Crippen molar-refractivity contribution in [3.05, 3.63) is 30.0 Å². The molecule has 0 saturated carbocycles. The molecule has 2 aliphatic rings. The second-order valence-corrected chi connectivity index (χ2v) is 8.20. The highest BCUT2D eigenvalue weighted by atomic mass is 16.5. The fourth-order valence-electron chi connectivity index (χ4n) is 5.06. The van der Waals surface area contributed by atoms with Crippen molar-refractivity contribution in [1.29, 1.82) is 0 Å². The molecule has 0 unspecified atom stereocenters. The summed E-state index contributed by atoms with van der Waals surface area (Å²) < 4.78 is 7.32. The first-order chi connectivity index (χ1) is 13.1. The Morgan fingerprint density at radius 2 is 2.00 bits per heavy atom. The van der Waals surface area contributed by atoms with E-state index in [1.807, 2.05) is 47.8 Å². The van der Waals surface area contributed by atoms with Gasteiger partial charge in [-0.2, -0.15) is 0 Å². The molecule has 4 rings (SSSR count). The van der Waals surface area contributed by atoms with Crippen LogP contribution in [-0.4, -0.2) is 60.1 Å². The first-order valence-electron chi connectivity index (χ1n) is 10.2. The molecule has 0 aliphatic carbocycles. The summed E-state index contributed by atoms with van der Waals surface area (Å²) in [7, 11) is 5.59. The van der Waals surface area contributed by atoms with Crippen LogP contribution in [0, 0.1) is 5.92 Å². The summed E-state index contributed by atoms with van der Waals surface area (Å²) in [5, 5.41) is 1.08. The van der Waals surface area contributed by atoms with Crippen LogP contribution in [-0.2, 0) is 7.05 Å². The fourth-order valence-corrected chi connectivity index (χ4v) is 5.06. The number of amides is 1. The minimum absolute atomic E-state index is 0.112. The maximum Gasteiger partial charge on any atom is 0.270 e. The van der Waals surface area contributed by atoms with Crippen molar-refractivity contribution in [3.63, 3.8) is 0 Å². The Hall–Kier alpha value is -2.01. The van der Waals surface area contributed by atoms with E-state index in [1.165, 1.54) is 45.2 Å². The van der Waals surface area contributed by atoms with E-state index in [0.29, 0.717) is 12.0 Å². The normalized spacial score (nSPS) is 23.2. The summed E-state index contributed by atoms with van der Waals surface area (Å²) in [6.07, 6.45) is 6.46. The number of hydrogen-bond donors (Lipinski definition) is 0. The van der Waals surface area contributed by atoms with Gasteiger partial charge in [-0.1, -0.05) is 6.42 Å². The van der Waals surface area contributed by atoms with Crippen molar-refractivity contribution >= 4 is 16.8 Å². The largest absolute Gasteiger partial charge is 0.497 e. The second kappa shape index (κ2) is 7.55. The summed E-state index contributed by atoms with van der Waals surface area (Å²) >= 11 is 0. The summed E-state index contributed by atoms with van der Waals surface area (Å²) in [4.78, 5) is 17.8. The van der Waals surface area contributed by atoms with E-state index in [0.717, 1.165) is 28.9 Å². The molecule has 5 heteroatoms. The van der Waals surface area contributed by atoms with Gasteiger partial charge in [0.1, 0.15) is 11.4 Å². The lowest BCUT2D eigenvalue weighted by molar-refractivity contribution is 0.0400. The molecule has 1 aromatic heterocycles. The van der Waals surface area contributed by atoms with Crippen molar-refractivity contribution in [2.45, 2.75) is 38.1 Å². The van der Waals surface area contributed by atoms with Gasteiger partial charge in [-0.15, -0.1) is 0 Å². The van der Waals surface area contributed by atoms with Crippen molar-refractivity contribution in [1.82, 2.24) is 14.4 Å². The van der Waals surface area contributed by atoms with Gasteiger partial charge >= 0.3 is 0 Å². The quantitative estimate of drug-likeness (QED) is 0.827. The van der Waals surface area contributed by atoms with Crippen molar-refractivity contribution < 1.29 is 9.53 Å². The van der Waals surface area contributed by atoms with Gasteiger partial charge in [0.15, 0.2) is 0 Å². The summed E-state index contributed by atoms with van der Waals surface area (Å²) in [5.74, 6) is 1.53. The Morgan fingerprint density at radius 3 is 2.81 bits per heavy atom. The van der Waals surface area contributed by atoms with E-state index < -0.39 is 0 Å². The molecule has 27 heavy (non-hydrogen) atoms. The van der Waals surface area contributed by atoms with E-state index in [-0.39, 0.29) is 5.91 Å². The summed E-state index contributed by atoms with van der Waals surface area (Å²) in [5.41, 5.74) is 1.78. The van der Waals surface area contributed by atoms with Gasteiger partial charge < -0.3 is 19.1 Å². The van der Waals surface area contributed by atoms with E-state index in [9.17, 15) is 4.79 Å². The number of carbonyl (C=O) groups is 1. The number of aryl methyl sites for hydroxylation is 1. The van der Waals surface area contributed by atoms with Crippen LogP contribution >= 0.6 is 0 Å². The van der Waals surface area contributed by atoms with Crippen molar-refractivity contribution in [3.8, 4) is 5.75 Å². The molecular weight excluding hydrogens is 338 g/mol. The molecule has 2 atom stereocenters. The highest BCUT2D eigenvalue weighted by molar-refractivity contribution is 5.98. The van der Waals surface area contributed by atoms with Gasteiger partial charge in [-0.3, -0.25) is 4.79 Å². The third-order valence-corrected chi connectivity index (χ3v) is 6.56. The molecule has 2 aliphatic heterocycles. The van der Waals surface area contributed by atoms with Crippen molar-refractivity contribution in [2.24, 2.45) is 13.0 Å². The van der Waals surface area contributed by atoms with Crippen LogP contribution in [0.25, 0.3) is 10.9 Å². The second-order valence-electron chi connectivity index (χ2n) is 8.20. The van der Waals surface area contributed by atoms with Gasteiger partial charge in [-0.05, 0) is 62.9 Å². The van der Waals surface area contributed by atoms with Crippen molar-refractivity contribution in [2.75, 3.05) is 33.8 Å². The topological polar surface area (TPSA) is 37.7 Å². The van der Waals surface area contributed by atoms with Gasteiger partial charge in [-0.25, -0.2) is 0 Å². The Balaban J connectivity index is 1.52. The fraction of sp³-hybridized carbons (Fsp3) is 0.591. The van der Waals surface area contributed by atoms with Gasteiger partial charge in [0, 0.05) is 38.1 Å². The maximum absolute atomic E-state index is 13.2. The zero-order valence-corrected chi connectivity index (χ0v) is 16.8. The number of rotatable bonds is 4. The van der Waals surface area contributed by atoms with Crippen LogP contribution < -0.4 is 4.74 Å². The summed E-state index contributed by atoms with van der Waals surface area (Å²) in [6, 6.07) is 8.63. The number of hydrogen-bond acceptors (Lipinski definition) is 3. The number of aromatic nitrogens is 1. The Bertz CT molecular complexity index is 826. The SMILES string of the molecule is COc1ccc2cc(C(=O)N(C)C[C@H]3CCCN4CCCC[C@H]34)n(C)c2c1. The smallest absolute Gasteiger partial charge is 0.270 e. The Morgan fingerprint density at radius 1 is 1.19 bits per heavy atom. The van der Waals surface area contributed by atoms with Crippen LogP contribution in [0.4, 0.5) is 0 Å². The predicted molar refractivity (Wildman–Crippen MR) is 108 cm³/mol. The first kappa shape index (κ1) is 18.4. The molecular formula is C22H31N3O2. The number of fused-ring (bicyclic) bond motifs is 2. The molecule has 1 amide bonds. The van der Waals surface area contributed by atoms with Crippen LogP contribution in [0.2, 0.25) is 0 Å². The van der Waals surface area contributed by atoms with Gasteiger partial charge in [0.2, 0.25) is 0 Å². The molecule has 0 radical (unpaired) electrons. The minimum Gasteiger partial charge on any atom is -0.497 e. The molecule has 2 aromatic rings. The molecule has 0 N–H and O–H groups in total. The zero-order chi connectivity index (χ0) is 19.0. The van der Waals surface area contributed by atoms with Crippen LogP contribution in [0.3, 0.4) is 0 Å². The molecule has 2 saturated heterocycles. The predicted octanol–water partition coefficient (Wildman–Crippen LogP) is 3.52. The molecule has 0 bridgehead atoms. The van der Waals surface area contributed by atoms with Crippen LogP contribution in [0.1, 0.15) is 42.6 Å². The zero-order valence-electron chi connectivity index (χ0n) is 16.8. The number of ether oxygens (including phenoxy) is 1. The number of methoxy groups -OCH3 is 1. The monoisotopic (exact) mass is 369 g/mol. The van der Waals surface area contributed by atoms with E-state index in [4.69, 9.17) is 4.74 Å². The molecule has 1 aromatic carbocycles. The van der Waals surface area contributed by atoms with Gasteiger partial charge in [0.05, 0.1) is 12.6 Å². The molecule has 5 nitrogen and oxygen atoms in total. The average molecular weight is 370 g/mol. The highest BCUT2D eigenvalue weighted by Gasteiger charge is 2.34. The third kappa shape index (κ3) is 3.45. The molecule has 146 valence electrons. The lowest BCUT2D eigenvalue weighted by atomic mass is 9.83. The average Bonchev–Trinajstić information content (AvgIpc) is 3.03. The first-order valence-corrected chi connectivity index (χ1v) is 10.2. The van der Waals surface area contributed by atoms with Gasteiger partial charge in [0.25, 0.3) is 5.91 Å². The van der Waals surface area contributed by atoms with Crippen LogP contribution in [0.15, 0.2) is 24.3 Å². The number of nitrogens with zero attached hydrogens (tertiary/aromatic N) is 3. The van der Waals surface area contributed by atoms with E-state index in [2.05, 4.69) is 4.90 Å². The molecule has 3 heterocycles. The van der Waals surface area contributed by atoms with E-state index in [1.54, 1.807) is 7.11 Å². The van der Waals surface area contributed by atoms with Crippen LogP contribution in [0.5, 0.6) is 5.75 Å².